The molecule has 28 heavy (non-hydrogen) atoms. The fourth-order valence-electron chi connectivity index (χ4n) is 3.49. The van der Waals surface area contributed by atoms with Gasteiger partial charge in [-0.15, -0.1) is 0 Å². The Hall–Kier alpha value is -2.54. The molecule has 0 bridgehead atoms. The zero-order valence-electron chi connectivity index (χ0n) is 16.2. The molecule has 0 saturated heterocycles. The molecule has 0 radical (unpaired) electrons. The first-order valence-corrected chi connectivity index (χ1v) is 9.76. The first-order valence-electron chi connectivity index (χ1n) is 9.38. The fraction of sp³-hybridized carbons (Fsp3) is 0.450. The molecule has 0 saturated carbocycles. The van der Waals surface area contributed by atoms with Crippen LogP contribution in [-0.4, -0.2) is 46.6 Å². The minimum absolute atomic E-state index is 0.0453. The second-order valence-electron chi connectivity index (χ2n) is 7.00. The summed E-state index contributed by atoms with van der Waals surface area (Å²) in [6.45, 7) is 4.39. The molecule has 1 aliphatic heterocycles. The number of benzene rings is 1. The molecule has 0 spiro atoms. The number of carbonyl (C=O) groups excluding carboxylic acids is 2. The first kappa shape index (κ1) is 20.2. The monoisotopic (exact) mass is 404 g/mol. The summed E-state index contributed by atoms with van der Waals surface area (Å²) in [5.41, 5.74) is 2.73. The standard InChI is InChI=1S/C20H25ClN4O3/c1-4-12(2)16(19(26)28-3)24-20(27)25-10-9-15-17(23-11-22-15)18(25)13-5-7-14(21)8-6-13/h5-8,11-12,16,18H,4,9-10H2,1-3H3,(H,22,23)(H,24,27)/t12-,16+,18+/m1/s1. The van der Waals surface area contributed by atoms with Gasteiger partial charge in [0.1, 0.15) is 12.1 Å². The van der Waals surface area contributed by atoms with Crippen LogP contribution < -0.4 is 5.32 Å². The number of esters is 1. The third-order valence-electron chi connectivity index (χ3n) is 5.32. The van der Waals surface area contributed by atoms with E-state index in [1.54, 1.807) is 23.4 Å². The van der Waals surface area contributed by atoms with Gasteiger partial charge < -0.3 is 19.9 Å². The number of rotatable bonds is 5. The van der Waals surface area contributed by atoms with Gasteiger partial charge in [0.15, 0.2) is 0 Å². The second-order valence-corrected chi connectivity index (χ2v) is 7.44. The zero-order valence-corrected chi connectivity index (χ0v) is 17.0. The highest BCUT2D eigenvalue weighted by Crippen LogP contribution is 2.34. The van der Waals surface area contributed by atoms with Crippen molar-refractivity contribution in [2.45, 2.75) is 38.8 Å². The number of hydrogen-bond donors (Lipinski definition) is 2. The van der Waals surface area contributed by atoms with E-state index in [4.69, 9.17) is 16.3 Å². The van der Waals surface area contributed by atoms with Gasteiger partial charge in [-0.1, -0.05) is 44.0 Å². The van der Waals surface area contributed by atoms with Crippen molar-refractivity contribution in [1.82, 2.24) is 20.2 Å². The smallest absolute Gasteiger partial charge is 0.328 e. The summed E-state index contributed by atoms with van der Waals surface area (Å²) in [4.78, 5) is 34.7. The summed E-state index contributed by atoms with van der Waals surface area (Å²) in [5.74, 6) is -0.487. The van der Waals surface area contributed by atoms with Crippen LogP contribution >= 0.6 is 11.6 Å². The van der Waals surface area contributed by atoms with Crippen LogP contribution in [0.2, 0.25) is 5.02 Å². The molecule has 150 valence electrons. The lowest BCUT2D eigenvalue weighted by molar-refractivity contribution is -0.144. The van der Waals surface area contributed by atoms with Crippen LogP contribution in [-0.2, 0) is 16.0 Å². The molecule has 7 nitrogen and oxygen atoms in total. The number of aromatic nitrogens is 2. The van der Waals surface area contributed by atoms with E-state index in [1.165, 1.54) is 7.11 Å². The minimum atomic E-state index is -0.700. The lowest BCUT2D eigenvalue weighted by Crippen LogP contribution is -2.53. The molecule has 2 heterocycles. The van der Waals surface area contributed by atoms with Gasteiger partial charge in [-0.25, -0.2) is 14.6 Å². The van der Waals surface area contributed by atoms with Gasteiger partial charge in [-0.05, 0) is 23.6 Å². The van der Waals surface area contributed by atoms with Gasteiger partial charge in [0.25, 0.3) is 0 Å². The van der Waals surface area contributed by atoms with Crippen molar-refractivity contribution in [2.24, 2.45) is 5.92 Å². The Morgan fingerprint density at radius 1 is 1.39 bits per heavy atom. The number of fused-ring (bicyclic) bond motifs is 1. The molecule has 1 aliphatic rings. The van der Waals surface area contributed by atoms with E-state index in [0.29, 0.717) is 18.0 Å². The van der Waals surface area contributed by atoms with E-state index in [9.17, 15) is 9.59 Å². The number of amides is 2. The van der Waals surface area contributed by atoms with Crippen LogP contribution in [0.1, 0.15) is 43.3 Å². The number of halogens is 1. The number of aromatic amines is 1. The number of imidazole rings is 1. The number of hydrogen-bond acceptors (Lipinski definition) is 4. The summed E-state index contributed by atoms with van der Waals surface area (Å²) in [6.07, 6.45) is 3.05. The number of nitrogens with zero attached hydrogens (tertiary/aromatic N) is 2. The van der Waals surface area contributed by atoms with E-state index >= 15 is 0 Å². The van der Waals surface area contributed by atoms with E-state index in [-0.39, 0.29) is 18.0 Å². The number of H-pyrrole nitrogens is 1. The van der Waals surface area contributed by atoms with E-state index in [1.807, 2.05) is 26.0 Å². The maximum absolute atomic E-state index is 13.2. The molecule has 3 rings (SSSR count). The Balaban J connectivity index is 1.91. The van der Waals surface area contributed by atoms with Gasteiger partial charge in [0, 0.05) is 23.7 Å². The Kier molecular flexibility index (Phi) is 6.24. The number of urea groups is 1. The maximum Gasteiger partial charge on any atom is 0.328 e. The lowest BCUT2D eigenvalue weighted by atomic mass is 9.95. The van der Waals surface area contributed by atoms with Gasteiger partial charge >= 0.3 is 12.0 Å². The summed E-state index contributed by atoms with van der Waals surface area (Å²) in [7, 11) is 1.33. The highest BCUT2D eigenvalue weighted by molar-refractivity contribution is 6.30. The summed E-state index contributed by atoms with van der Waals surface area (Å²) in [6, 6.07) is 6.00. The van der Waals surface area contributed by atoms with Crippen molar-refractivity contribution in [1.29, 1.82) is 0 Å². The Labute approximate surface area is 169 Å². The largest absolute Gasteiger partial charge is 0.467 e. The Bertz CT molecular complexity index is 836. The highest BCUT2D eigenvalue weighted by Gasteiger charge is 2.36. The van der Waals surface area contributed by atoms with Crippen LogP contribution in [0.3, 0.4) is 0 Å². The number of carbonyl (C=O) groups is 2. The molecule has 2 amide bonds. The number of nitrogens with one attached hydrogen (secondary N) is 2. The van der Waals surface area contributed by atoms with Crippen LogP contribution in [0.4, 0.5) is 4.79 Å². The topological polar surface area (TPSA) is 87.3 Å². The average molecular weight is 405 g/mol. The SMILES string of the molecule is CC[C@@H](C)[C@H](NC(=O)N1CCc2[nH]cnc2[C@@H]1c1ccc(Cl)cc1)C(=O)OC. The van der Waals surface area contributed by atoms with E-state index in [0.717, 1.165) is 23.4 Å². The molecule has 0 fully saturated rings. The molecule has 8 heteroatoms. The third-order valence-corrected chi connectivity index (χ3v) is 5.57. The predicted octanol–water partition coefficient (Wildman–Crippen LogP) is 3.31. The minimum Gasteiger partial charge on any atom is -0.467 e. The lowest BCUT2D eigenvalue weighted by Gasteiger charge is -2.36. The summed E-state index contributed by atoms with van der Waals surface area (Å²) >= 11 is 6.03. The van der Waals surface area contributed by atoms with Crippen molar-refractivity contribution in [2.75, 3.05) is 13.7 Å². The van der Waals surface area contributed by atoms with Crippen molar-refractivity contribution < 1.29 is 14.3 Å². The molecular weight excluding hydrogens is 380 g/mol. The predicted molar refractivity (Wildman–Crippen MR) is 106 cm³/mol. The van der Waals surface area contributed by atoms with Crippen LogP contribution in [0.15, 0.2) is 30.6 Å². The van der Waals surface area contributed by atoms with Crippen LogP contribution in [0.25, 0.3) is 0 Å². The van der Waals surface area contributed by atoms with Gasteiger partial charge in [0.05, 0.1) is 19.1 Å². The first-order chi connectivity index (χ1) is 13.5. The van der Waals surface area contributed by atoms with Crippen molar-refractivity contribution in [3.8, 4) is 0 Å². The normalized spacial score (nSPS) is 18.1. The molecule has 0 unspecified atom stereocenters. The van der Waals surface area contributed by atoms with Crippen LogP contribution in [0, 0.1) is 5.92 Å². The molecule has 1 aromatic carbocycles. The van der Waals surface area contributed by atoms with Gasteiger partial charge in [-0.3, -0.25) is 0 Å². The molecule has 0 aliphatic carbocycles. The maximum atomic E-state index is 13.2. The van der Waals surface area contributed by atoms with Crippen molar-refractivity contribution in [3.63, 3.8) is 0 Å². The summed E-state index contributed by atoms with van der Waals surface area (Å²) in [5, 5.41) is 3.50. The van der Waals surface area contributed by atoms with Crippen molar-refractivity contribution >= 4 is 23.6 Å². The molecule has 1 aromatic heterocycles. The fourth-order valence-corrected chi connectivity index (χ4v) is 3.62. The van der Waals surface area contributed by atoms with Crippen LogP contribution in [0.5, 0.6) is 0 Å². The van der Waals surface area contributed by atoms with E-state index < -0.39 is 12.0 Å². The Morgan fingerprint density at radius 3 is 2.75 bits per heavy atom. The number of methoxy groups -OCH3 is 1. The van der Waals surface area contributed by atoms with Crippen molar-refractivity contribution in [3.05, 3.63) is 52.6 Å². The molecule has 2 N–H and O–H groups in total. The molecular formula is C20H25ClN4O3. The second kappa shape index (κ2) is 8.65. The highest BCUT2D eigenvalue weighted by atomic mass is 35.5. The van der Waals surface area contributed by atoms with Gasteiger partial charge in [-0.2, -0.15) is 0 Å². The quantitative estimate of drug-likeness (QED) is 0.748. The number of ether oxygens (including phenoxy) is 1. The zero-order chi connectivity index (χ0) is 20.3. The summed E-state index contributed by atoms with van der Waals surface area (Å²) < 4.78 is 4.89. The Morgan fingerprint density at radius 2 is 2.11 bits per heavy atom. The molecule has 3 atom stereocenters. The third kappa shape index (κ3) is 3.99. The molecule has 2 aromatic rings. The average Bonchev–Trinajstić information content (AvgIpc) is 3.19. The van der Waals surface area contributed by atoms with Gasteiger partial charge in [0.2, 0.25) is 0 Å². The van der Waals surface area contributed by atoms with E-state index in [2.05, 4.69) is 15.3 Å².